The predicted molar refractivity (Wildman–Crippen MR) is 67.7 cm³/mol. The Kier molecular flexibility index (Phi) is 4.69. The number of nitrogens with zero attached hydrogens (tertiary/aromatic N) is 1. The minimum absolute atomic E-state index is 0.0227. The third kappa shape index (κ3) is 3.59. The summed E-state index contributed by atoms with van der Waals surface area (Å²) in [6, 6.07) is 9.39. The topological polar surface area (TPSA) is 49.4 Å². The molecule has 4 nitrogen and oxygen atoms in total. The maximum atomic E-state index is 12.0. The lowest BCUT2D eigenvalue weighted by Crippen LogP contribution is -2.39. The molecular weight excluding hydrogens is 216 g/mol. The molecule has 0 radical (unpaired) electrons. The van der Waals surface area contributed by atoms with E-state index in [-0.39, 0.29) is 24.3 Å². The first kappa shape index (κ1) is 13.2. The summed E-state index contributed by atoms with van der Waals surface area (Å²) in [5.41, 5.74) is 0.816. The van der Waals surface area contributed by atoms with Gasteiger partial charge >= 0.3 is 0 Å². The predicted octanol–water partition coefficient (Wildman–Crippen LogP) is 1.56. The highest BCUT2D eigenvalue weighted by Gasteiger charge is 2.20. The number of benzene rings is 1. The van der Waals surface area contributed by atoms with E-state index in [1.807, 2.05) is 44.2 Å². The maximum absolute atomic E-state index is 12.0. The van der Waals surface area contributed by atoms with Crippen molar-refractivity contribution < 1.29 is 9.59 Å². The van der Waals surface area contributed by atoms with Gasteiger partial charge in [0.05, 0.1) is 0 Å². The van der Waals surface area contributed by atoms with Crippen molar-refractivity contribution in [1.29, 1.82) is 0 Å². The van der Waals surface area contributed by atoms with Crippen LogP contribution >= 0.6 is 0 Å². The van der Waals surface area contributed by atoms with E-state index in [0.29, 0.717) is 0 Å². The van der Waals surface area contributed by atoms with E-state index >= 15 is 0 Å². The Morgan fingerprint density at radius 2 is 1.82 bits per heavy atom. The van der Waals surface area contributed by atoms with Crippen molar-refractivity contribution in [2.45, 2.75) is 26.3 Å². The second-order valence-corrected chi connectivity index (χ2v) is 4.04. The van der Waals surface area contributed by atoms with Crippen LogP contribution in [0.15, 0.2) is 30.3 Å². The highest BCUT2D eigenvalue weighted by atomic mass is 16.2. The molecule has 1 rings (SSSR count). The fraction of sp³-hybridized carbons (Fsp3) is 0.385. The number of nitrogens with one attached hydrogen (secondary N) is 1. The van der Waals surface area contributed by atoms with Crippen molar-refractivity contribution in [3.05, 3.63) is 30.3 Å². The number of amides is 2. The van der Waals surface area contributed by atoms with Gasteiger partial charge in [-0.1, -0.05) is 18.2 Å². The minimum atomic E-state index is -0.267. The quantitative estimate of drug-likeness (QED) is 0.804. The van der Waals surface area contributed by atoms with E-state index < -0.39 is 0 Å². The third-order valence-electron chi connectivity index (χ3n) is 2.41. The third-order valence-corrected chi connectivity index (χ3v) is 2.41. The average Bonchev–Trinajstić information content (AvgIpc) is 2.29. The highest BCUT2D eigenvalue weighted by Crippen LogP contribution is 2.17. The summed E-state index contributed by atoms with van der Waals surface area (Å²) in [7, 11) is 1.53. The van der Waals surface area contributed by atoms with Crippen molar-refractivity contribution in [2.24, 2.45) is 0 Å². The molecule has 1 aromatic carbocycles. The SMILES string of the molecule is CNC(=O)CC(=O)N(c1ccccc1)C(C)C. The van der Waals surface area contributed by atoms with Gasteiger partial charge in [-0.05, 0) is 26.0 Å². The molecule has 0 unspecified atom stereocenters. The minimum Gasteiger partial charge on any atom is -0.359 e. The molecule has 0 saturated heterocycles. The first-order valence-electron chi connectivity index (χ1n) is 5.64. The van der Waals surface area contributed by atoms with Gasteiger partial charge in [0.25, 0.3) is 0 Å². The molecule has 0 spiro atoms. The average molecular weight is 234 g/mol. The Morgan fingerprint density at radius 1 is 1.24 bits per heavy atom. The molecule has 0 aliphatic carbocycles. The Morgan fingerprint density at radius 3 is 2.29 bits per heavy atom. The van der Waals surface area contributed by atoms with Crippen LogP contribution in [0, 0.1) is 0 Å². The van der Waals surface area contributed by atoms with E-state index in [0.717, 1.165) is 5.69 Å². The standard InChI is InChI=1S/C13H18N2O2/c1-10(2)15(11-7-5-4-6-8-11)13(17)9-12(16)14-3/h4-8,10H,9H2,1-3H3,(H,14,16). The first-order valence-corrected chi connectivity index (χ1v) is 5.64. The highest BCUT2D eigenvalue weighted by molar-refractivity contribution is 6.05. The molecule has 4 heteroatoms. The monoisotopic (exact) mass is 234 g/mol. The lowest BCUT2D eigenvalue weighted by molar-refractivity contribution is -0.127. The maximum Gasteiger partial charge on any atom is 0.236 e. The Balaban J connectivity index is 2.87. The van der Waals surface area contributed by atoms with Crippen molar-refractivity contribution in [2.75, 3.05) is 11.9 Å². The molecule has 92 valence electrons. The van der Waals surface area contributed by atoms with Crippen LogP contribution in [0.1, 0.15) is 20.3 Å². The summed E-state index contributed by atoms with van der Waals surface area (Å²) in [4.78, 5) is 24.9. The lowest BCUT2D eigenvalue weighted by atomic mass is 10.2. The van der Waals surface area contributed by atoms with Crippen molar-refractivity contribution in [3.63, 3.8) is 0 Å². The van der Waals surface area contributed by atoms with Gasteiger partial charge in [0, 0.05) is 18.8 Å². The van der Waals surface area contributed by atoms with Gasteiger partial charge in [0.1, 0.15) is 6.42 Å². The summed E-state index contributed by atoms with van der Waals surface area (Å²) in [5.74, 6) is -0.456. The molecule has 0 atom stereocenters. The van der Waals surface area contributed by atoms with E-state index in [2.05, 4.69) is 5.32 Å². The van der Waals surface area contributed by atoms with Crippen LogP contribution in [0.3, 0.4) is 0 Å². The van der Waals surface area contributed by atoms with E-state index in [9.17, 15) is 9.59 Å². The first-order chi connectivity index (χ1) is 8.06. The molecule has 17 heavy (non-hydrogen) atoms. The molecule has 0 heterocycles. The summed E-state index contributed by atoms with van der Waals surface area (Å²) >= 11 is 0. The van der Waals surface area contributed by atoms with E-state index in [4.69, 9.17) is 0 Å². The van der Waals surface area contributed by atoms with Crippen LogP contribution in [-0.2, 0) is 9.59 Å². The van der Waals surface area contributed by atoms with E-state index in [1.165, 1.54) is 7.05 Å². The zero-order valence-corrected chi connectivity index (χ0v) is 10.4. The largest absolute Gasteiger partial charge is 0.359 e. The molecule has 0 aromatic heterocycles. The van der Waals surface area contributed by atoms with Gasteiger partial charge in [-0.25, -0.2) is 0 Å². The van der Waals surface area contributed by atoms with Gasteiger partial charge in [0.15, 0.2) is 0 Å². The summed E-state index contributed by atoms with van der Waals surface area (Å²) in [5, 5.41) is 2.45. The Bertz CT molecular complexity index is 388. The van der Waals surface area contributed by atoms with Crippen LogP contribution in [0.2, 0.25) is 0 Å². The normalized spacial score (nSPS) is 10.1. The van der Waals surface area contributed by atoms with Crippen molar-refractivity contribution in [1.82, 2.24) is 5.32 Å². The molecule has 0 bridgehead atoms. The second kappa shape index (κ2) is 6.03. The molecule has 0 fully saturated rings. The number of rotatable bonds is 4. The van der Waals surface area contributed by atoms with Crippen LogP contribution in [0.25, 0.3) is 0 Å². The van der Waals surface area contributed by atoms with Crippen LogP contribution in [0.5, 0.6) is 0 Å². The number of hydrogen-bond acceptors (Lipinski definition) is 2. The van der Waals surface area contributed by atoms with Crippen LogP contribution in [-0.4, -0.2) is 24.9 Å². The van der Waals surface area contributed by atoms with Gasteiger partial charge in [-0.2, -0.15) is 0 Å². The van der Waals surface area contributed by atoms with Crippen molar-refractivity contribution in [3.8, 4) is 0 Å². The molecular formula is C13H18N2O2. The molecule has 0 aliphatic heterocycles. The number of carbonyl (C=O) groups is 2. The number of para-hydroxylation sites is 1. The van der Waals surface area contributed by atoms with Crippen molar-refractivity contribution >= 4 is 17.5 Å². The number of hydrogen-bond donors (Lipinski definition) is 1. The lowest BCUT2D eigenvalue weighted by Gasteiger charge is -2.26. The zero-order valence-electron chi connectivity index (χ0n) is 10.4. The van der Waals surface area contributed by atoms with E-state index in [1.54, 1.807) is 4.90 Å². The number of carbonyl (C=O) groups excluding carboxylic acids is 2. The second-order valence-electron chi connectivity index (χ2n) is 4.04. The Hall–Kier alpha value is -1.84. The molecule has 1 N–H and O–H groups in total. The van der Waals surface area contributed by atoms with Crippen LogP contribution in [0.4, 0.5) is 5.69 Å². The summed E-state index contributed by atoms with van der Waals surface area (Å²) in [6.07, 6.45) is -0.121. The summed E-state index contributed by atoms with van der Waals surface area (Å²) in [6.45, 7) is 3.85. The Labute approximate surface area is 102 Å². The van der Waals surface area contributed by atoms with Gasteiger partial charge in [-0.15, -0.1) is 0 Å². The summed E-state index contributed by atoms with van der Waals surface area (Å²) < 4.78 is 0. The van der Waals surface area contributed by atoms with Crippen LogP contribution < -0.4 is 10.2 Å². The fourth-order valence-corrected chi connectivity index (χ4v) is 1.63. The number of anilines is 1. The molecule has 0 saturated carbocycles. The van der Waals surface area contributed by atoms with Gasteiger partial charge in [0.2, 0.25) is 11.8 Å². The zero-order chi connectivity index (χ0) is 12.8. The molecule has 2 amide bonds. The van der Waals surface area contributed by atoms with Gasteiger partial charge < -0.3 is 10.2 Å². The fourth-order valence-electron chi connectivity index (χ4n) is 1.63. The smallest absolute Gasteiger partial charge is 0.236 e. The molecule has 0 aliphatic rings. The molecule has 1 aromatic rings. The van der Waals surface area contributed by atoms with Gasteiger partial charge in [-0.3, -0.25) is 9.59 Å².